The Bertz CT molecular complexity index is 419. The minimum absolute atomic E-state index is 0.0484. The number of nitrogens with zero attached hydrogens (tertiary/aromatic N) is 2. The highest BCUT2D eigenvalue weighted by molar-refractivity contribution is 5.73. The molecular weight excluding hydrogens is 298 g/mol. The van der Waals surface area contributed by atoms with Crippen molar-refractivity contribution in [1.82, 2.24) is 5.32 Å². The van der Waals surface area contributed by atoms with Crippen LogP contribution >= 0.6 is 0 Å². The molecule has 4 nitrogen and oxygen atoms in total. The fraction of sp³-hybridized carbons (Fsp3) is 0.800. The zero-order valence-electron chi connectivity index (χ0n) is 16.3. The van der Waals surface area contributed by atoms with Crippen LogP contribution in [0, 0.1) is 0 Å². The fourth-order valence-corrected chi connectivity index (χ4v) is 3.70. The van der Waals surface area contributed by atoms with Crippen LogP contribution in [0.5, 0.6) is 0 Å². The molecule has 0 aromatic carbocycles. The summed E-state index contributed by atoms with van der Waals surface area (Å²) in [7, 11) is 0. The topological polar surface area (TPSA) is 41.5 Å². The zero-order valence-corrected chi connectivity index (χ0v) is 16.3. The van der Waals surface area contributed by atoms with Crippen LogP contribution in [0.25, 0.3) is 0 Å². The Balaban J connectivity index is 2.34. The smallest absolute Gasteiger partial charge is 0.221 e. The van der Waals surface area contributed by atoms with Crippen molar-refractivity contribution in [3.63, 3.8) is 0 Å². The normalized spacial score (nSPS) is 24.6. The van der Waals surface area contributed by atoms with Gasteiger partial charge in [-0.05, 0) is 39.0 Å². The van der Waals surface area contributed by atoms with E-state index in [1.807, 2.05) is 0 Å². The first-order chi connectivity index (χ1) is 11.6. The second-order valence-electron chi connectivity index (χ2n) is 7.04. The minimum Gasteiger partial charge on any atom is -0.307 e. The van der Waals surface area contributed by atoms with E-state index < -0.39 is 0 Å². The number of aliphatic imine (C=N–C) groups is 1. The lowest BCUT2D eigenvalue weighted by molar-refractivity contribution is -0.959. The molecule has 1 aliphatic heterocycles. The van der Waals surface area contributed by atoms with Gasteiger partial charge in [-0.15, -0.1) is 0 Å². The number of carbonyl (C=O) groups is 1. The summed E-state index contributed by atoms with van der Waals surface area (Å²) in [6.45, 7) is 10.1. The van der Waals surface area contributed by atoms with Gasteiger partial charge in [0, 0.05) is 20.3 Å². The summed E-state index contributed by atoms with van der Waals surface area (Å²) in [4.78, 5) is 16.2. The number of allylic oxidation sites excluding steroid dienone is 2. The number of unbranched alkanes of at least 4 members (excludes halogenated alkanes) is 5. The molecule has 138 valence electrons. The van der Waals surface area contributed by atoms with Crippen LogP contribution in [0.2, 0.25) is 0 Å². The molecule has 0 saturated carbocycles. The summed E-state index contributed by atoms with van der Waals surface area (Å²) >= 11 is 0. The van der Waals surface area contributed by atoms with Crippen molar-refractivity contribution < 1.29 is 9.28 Å². The lowest BCUT2D eigenvalue weighted by Gasteiger charge is -2.42. The molecule has 1 N–H and O–H groups in total. The van der Waals surface area contributed by atoms with E-state index >= 15 is 0 Å². The van der Waals surface area contributed by atoms with E-state index in [0.29, 0.717) is 6.17 Å². The molecule has 1 aliphatic rings. The highest BCUT2D eigenvalue weighted by atomic mass is 16.1. The maximum absolute atomic E-state index is 11.4. The Kier molecular flexibility index (Phi) is 9.92. The predicted octanol–water partition coefficient (Wildman–Crippen LogP) is 4.41. The average molecular weight is 337 g/mol. The van der Waals surface area contributed by atoms with Crippen molar-refractivity contribution in [3.05, 3.63) is 12.2 Å². The minimum atomic E-state index is 0.0484. The van der Waals surface area contributed by atoms with Crippen molar-refractivity contribution >= 4 is 12.1 Å². The first-order valence-electron chi connectivity index (χ1n) is 9.87. The van der Waals surface area contributed by atoms with Crippen LogP contribution in [-0.2, 0) is 4.79 Å². The van der Waals surface area contributed by atoms with E-state index in [2.05, 4.69) is 44.5 Å². The molecule has 0 fully saturated rings. The molecule has 0 aliphatic carbocycles. The van der Waals surface area contributed by atoms with E-state index in [4.69, 9.17) is 4.99 Å². The van der Waals surface area contributed by atoms with Crippen LogP contribution in [0.4, 0.5) is 0 Å². The molecule has 0 bridgehead atoms. The molecule has 3 unspecified atom stereocenters. The summed E-state index contributed by atoms with van der Waals surface area (Å²) in [5, 5.41) is 3.08. The van der Waals surface area contributed by atoms with Crippen LogP contribution in [0.3, 0.4) is 0 Å². The summed E-state index contributed by atoms with van der Waals surface area (Å²) in [5.74, 6) is 0.0484. The Hall–Kier alpha value is -1.16. The molecule has 24 heavy (non-hydrogen) atoms. The van der Waals surface area contributed by atoms with Crippen molar-refractivity contribution in [2.24, 2.45) is 4.99 Å². The fourth-order valence-electron chi connectivity index (χ4n) is 3.70. The van der Waals surface area contributed by atoms with Gasteiger partial charge in [0.2, 0.25) is 5.91 Å². The highest BCUT2D eigenvalue weighted by Gasteiger charge is 2.42. The largest absolute Gasteiger partial charge is 0.307 e. The first kappa shape index (κ1) is 20.9. The van der Waals surface area contributed by atoms with Crippen molar-refractivity contribution in [1.29, 1.82) is 0 Å². The predicted molar refractivity (Wildman–Crippen MR) is 103 cm³/mol. The van der Waals surface area contributed by atoms with Crippen LogP contribution in [0.1, 0.15) is 79.1 Å². The molecular formula is C20H38N3O+. The quantitative estimate of drug-likeness (QED) is 0.320. The van der Waals surface area contributed by atoms with E-state index in [9.17, 15) is 4.79 Å². The number of carbonyl (C=O) groups excluding carboxylic acids is 1. The van der Waals surface area contributed by atoms with Gasteiger partial charge in [-0.1, -0.05) is 31.9 Å². The first-order valence-corrected chi connectivity index (χ1v) is 9.87. The van der Waals surface area contributed by atoms with Gasteiger partial charge < -0.3 is 5.32 Å². The third kappa shape index (κ3) is 6.39. The Morgan fingerprint density at radius 2 is 1.92 bits per heavy atom. The van der Waals surface area contributed by atoms with Crippen molar-refractivity contribution in [2.75, 3.05) is 13.1 Å². The van der Waals surface area contributed by atoms with E-state index in [-0.39, 0.29) is 12.1 Å². The molecule has 0 radical (unpaired) electrons. The van der Waals surface area contributed by atoms with E-state index in [1.165, 1.54) is 44.9 Å². The van der Waals surface area contributed by atoms with Gasteiger partial charge in [0.25, 0.3) is 0 Å². The Morgan fingerprint density at radius 1 is 1.25 bits per heavy atom. The second kappa shape index (κ2) is 11.4. The summed E-state index contributed by atoms with van der Waals surface area (Å²) in [6, 6.07) is 0. The summed E-state index contributed by atoms with van der Waals surface area (Å²) in [6.07, 6.45) is 17.1. The molecule has 1 amide bonds. The average Bonchev–Trinajstić information content (AvgIpc) is 2.97. The maximum Gasteiger partial charge on any atom is 0.221 e. The van der Waals surface area contributed by atoms with Gasteiger partial charge in [0.1, 0.15) is 6.54 Å². The van der Waals surface area contributed by atoms with E-state index in [1.54, 1.807) is 6.92 Å². The number of amides is 1. The second-order valence-corrected chi connectivity index (χ2v) is 7.04. The van der Waals surface area contributed by atoms with Gasteiger partial charge >= 0.3 is 0 Å². The van der Waals surface area contributed by atoms with Gasteiger partial charge in [-0.3, -0.25) is 9.28 Å². The number of hydrogen-bond acceptors (Lipinski definition) is 2. The lowest BCUT2D eigenvalue weighted by Crippen LogP contribution is -2.63. The molecule has 0 spiro atoms. The van der Waals surface area contributed by atoms with Crippen LogP contribution in [-0.4, -0.2) is 42.0 Å². The molecule has 1 heterocycles. The SMILES string of the molecule is CCCCC/C=C/CCCCC1N=CC[N+]1(CC)C(C)NC(C)=O. The van der Waals surface area contributed by atoms with Crippen molar-refractivity contribution in [2.45, 2.75) is 91.4 Å². The molecule has 0 aromatic rings. The summed E-state index contributed by atoms with van der Waals surface area (Å²) in [5.41, 5.74) is 0. The number of hydrogen-bond donors (Lipinski definition) is 1. The van der Waals surface area contributed by atoms with Gasteiger partial charge in [-0.25, -0.2) is 4.99 Å². The zero-order chi connectivity index (χ0) is 17.8. The Morgan fingerprint density at radius 3 is 2.50 bits per heavy atom. The number of quaternary nitrogens is 1. The van der Waals surface area contributed by atoms with Gasteiger partial charge in [0.05, 0.1) is 12.8 Å². The third-order valence-corrected chi connectivity index (χ3v) is 5.29. The summed E-state index contributed by atoms with van der Waals surface area (Å²) < 4.78 is 0.867. The van der Waals surface area contributed by atoms with Gasteiger partial charge in [0.15, 0.2) is 12.3 Å². The molecule has 3 atom stereocenters. The lowest BCUT2D eigenvalue weighted by atomic mass is 10.1. The number of nitrogens with one attached hydrogen (secondary N) is 1. The molecule has 1 rings (SSSR count). The Labute approximate surface area is 149 Å². The van der Waals surface area contributed by atoms with Gasteiger partial charge in [-0.2, -0.15) is 0 Å². The molecule has 0 aromatic heterocycles. The van der Waals surface area contributed by atoms with Crippen LogP contribution < -0.4 is 5.32 Å². The highest BCUT2D eigenvalue weighted by Crippen LogP contribution is 2.26. The van der Waals surface area contributed by atoms with E-state index in [0.717, 1.165) is 24.0 Å². The number of rotatable bonds is 12. The van der Waals surface area contributed by atoms with Crippen molar-refractivity contribution in [3.8, 4) is 0 Å². The third-order valence-electron chi connectivity index (χ3n) is 5.29. The molecule has 4 heteroatoms. The monoisotopic (exact) mass is 336 g/mol. The maximum atomic E-state index is 11.4. The van der Waals surface area contributed by atoms with Crippen LogP contribution in [0.15, 0.2) is 17.1 Å². The standard InChI is InChI=1S/C20H37N3O/c1-5-7-8-9-10-11-12-13-14-15-20-21-16-17-23(20,6-2)18(3)22-19(4)24/h10-11,16,18,20H,5-9,12-15,17H2,1-4H3/p+1/b11-10+. The molecule has 0 saturated heterocycles.